The molecule has 0 aliphatic carbocycles. The van der Waals surface area contributed by atoms with Crippen molar-refractivity contribution in [3.05, 3.63) is 76.6 Å². The Morgan fingerprint density at radius 3 is 2.74 bits per heavy atom. The average Bonchev–Trinajstić information content (AvgIpc) is 2.54. The molecule has 0 aliphatic heterocycles. The van der Waals surface area contributed by atoms with E-state index in [4.69, 9.17) is 4.98 Å². The molecule has 0 N–H and O–H groups in total. The first-order chi connectivity index (χ1) is 11.1. The molecule has 0 unspecified atom stereocenters. The highest BCUT2D eigenvalue weighted by atomic mass is 32.2. The van der Waals surface area contributed by atoms with Crippen LogP contribution < -0.4 is 5.56 Å². The van der Waals surface area contributed by atoms with Crippen molar-refractivity contribution in [2.24, 2.45) is 0 Å². The number of aromatic nitrogens is 2. The number of hydrogen-bond donors (Lipinski definition) is 0. The summed E-state index contributed by atoms with van der Waals surface area (Å²) in [5.41, 5.74) is 3.81. The van der Waals surface area contributed by atoms with Crippen LogP contribution in [0.2, 0.25) is 0 Å². The molecule has 0 amide bonds. The molecule has 0 fully saturated rings. The van der Waals surface area contributed by atoms with Gasteiger partial charge in [0.1, 0.15) is 0 Å². The molecule has 1 aromatic heterocycles. The molecule has 0 aliphatic rings. The summed E-state index contributed by atoms with van der Waals surface area (Å²) in [6.07, 6.45) is 1.82. The van der Waals surface area contributed by atoms with Crippen molar-refractivity contribution in [2.45, 2.75) is 19.0 Å². The van der Waals surface area contributed by atoms with Crippen molar-refractivity contribution in [1.29, 1.82) is 0 Å². The van der Waals surface area contributed by atoms with Gasteiger partial charge in [0.2, 0.25) is 0 Å². The molecule has 0 saturated carbocycles. The Labute approximate surface area is 139 Å². The molecular weight excluding hydrogens is 304 g/mol. The Bertz CT molecular complexity index is 944. The van der Waals surface area contributed by atoms with Gasteiger partial charge in [0.15, 0.2) is 5.16 Å². The van der Waals surface area contributed by atoms with E-state index in [2.05, 4.69) is 12.6 Å². The maximum atomic E-state index is 13.0. The van der Waals surface area contributed by atoms with Crippen LogP contribution >= 0.6 is 11.8 Å². The zero-order valence-corrected chi connectivity index (χ0v) is 14.1. The van der Waals surface area contributed by atoms with E-state index in [9.17, 15) is 4.79 Å². The van der Waals surface area contributed by atoms with E-state index in [0.29, 0.717) is 16.3 Å². The summed E-state index contributed by atoms with van der Waals surface area (Å²) in [6, 6.07) is 13.6. The number of para-hydroxylation sites is 1. The summed E-state index contributed by atoms with van der Waals surface area (Å²) in [5.74, 6) is 0.704. The fourth-order valence-electron chi connectivity index (χ4n) is 2.61. The minimum Gasteiger partial charge on any atom is -0.268 e. The van der Waals surface area contributed by atoms with E-state index in [1.54, 1.807) is 4.57 Å². The maximum Gasteiger partial charge on any atom is 0.266 e. The molecule has 23 heavy (non-hydrogen) atoms. The van der Waals surface area contributed by atoms with Gasteiger partial charge >= 0.3 is 0 Å². The molecule has 3 rings (SSSR count). The SMILES string of the molecule is C=CCSc1nc2ccccc2c(=O)n1-c1ccc(C)cc1C. The van der Waals surface area contributed by atoms with Crippen LogP contribution in [0.15, 0.2) is 65.1 Å². The largest absolute Gasteiger partial charge is 0.268 e. The van der Waals surface area contributed by atoms with Crippen LogP contribution in [0.3, 0.4) is 0 Å². The second-order valence-electron chi connectivity index (χ2n) is 5.44. The van der Waals surface area contributed by atoms with Gasteiger partial charge in [-0.3, -0.25) is 9.36 Å². The lowest BCUT2D eigenvalue weighted by molar-refractivity contribution is 0.815. The summed E-state index contributed by atoms with van der Waals surface area (Å²) in [7, 11) is 0. The van der Waals surface area contributed by atoms with Gasteiger partial charge in [0, 0.05) is 5.75 Å². The fourth-order valence-corrected chi connectivity index (χ4v) is 3.35. The minimum absolute atomic E-state index is 0.0332. The van der Waals surface area contributed by atoms with Gasteiger partial charge in [-0.05, 0) is 37.6 Å². The Kier molecular flexibility index (Phi) is 4.35. The summed E-state index contributed by atoms with van der Waals surface area (Å²) in [4.78, 5) is 17.7. The summed E-state index contributed by atoms with van der Waals surface area (Å²) >= 11 is 1.52. The van der Waals surface area contributed by atoms with Crippen molar-refractivity contribution in [2.75, 3.05) is 5.75 Å². The third-order valence-electron chi connectivity index (χ3n) is 3.67. The molecular formula is C19H18N2OS. The van der Waals surface area contributed by atoms with Crippen molar-refractivity contribution < 1.29 is 0 Å². The van der Waals surface area contributed by atoms with Crippen LogP contribution in [0.25, 0.3) is 16.6 Å². The van der Waals surface area contributed by atoms with Crippen LogP contribution in [-0.2, 0) is 0 Å². The minimum atomic E-state index is -0.0332. The number of nitrogens with zero attached hydrogens (tertiary/aromatic N) is 2. The van der Waals surface area contributed by atoms with Crippen LogP contribution in [0.5, 0.6) is 0 Å². The molecule has 116 valence electrons. The van der Waals surface area contributed by atoms with Gasteiger partial charge in [-0.25, -0.2) is 4.98 Å². The smallest absolute Gasteiger partial charge is 0.266 e. The predicted molar refractivity (Wildman–Crippen MR) is 97.7 cm³/mol. The van der Waals surface area contributed by atoms with E-state index in [0.717, 1.165) is 16.8 Å². The van der Waals surface area contributed by atoms with E-state index in [1.165, 1.54) is 17.3 Å². The summed E-state index contributed by atoms with van der Waals surface area (Å²) < 4.78 is 1.71. The highest BCUT2D eigenvalue weighted by molar-refractivity contribution is 7.99. The quantitative estimate of drug-likeness (QED) is 0.408. The third kappa shape index (κ3) is 2.94. The summed E-state index contributed by atoms with van der Waals surface area (Å²) in [5, 5.41) is 1.33. The fraction of sp³-hybridized carbons (Fsp3) is 0.158. The second-order valence-corrected chi connectivity index (χ2v) is 6.43. The van der Waals surface area contributed by atoms with E-state index < -0.39 is 0 Å². The highest BCUT2D eigenvalue weighted by Gasteiger charge is 2.14. The Hall–Kier alpha value is -2.33. The number of aryl methyl sites for hydroxylation is 2. The van der Waals surface area contributed by atoms with Gasteiger partial charge in [0.05, 0.1) is 16.6 Å². The first kappa shape index (κ1) is 15.6. The molecule has 1 heterocycles. The van der Waals surface area contributed by atoms with Gasteiger partial charge in [0.25, 0.3) is 5.56 Å². The normalized spacial score (nSPS) is 10.9. The lowest BCUT2D eigenvalue weighted by Crippen LogP contribution is -2.22. The molecule has 0 radical (unpaired) electrons. The predicted octanol–water partition coefficient (Wildman–Crippen LogP) is 4.28. The average molecular weight is 322 g/mol. The van der Waals surface area contributed by atoms with Crippen molar-refractivity contribution in [3.63, 3.8) is 0 Å². The Balaban J connectivity index is 2.34. The molecule has 3 aromatic rings. The molecule has 2 aromatic carbocycles. The van der Waals surface area contributed by atoms with Crippen molar-refractivity contribution in [1.82, 2.24) is 9.55 Å². The zero-order valence-electron chi connectivity index (χ0n) is 13.2. The van der Waals surface area contributed by atoms with Crippen LogP contribution in [0.4, 0.5) is 0 Å². The van der Waals surface area contributed by atoms with Gasteiger partial charge < -0.3 is 0 Å². The Morgan fingerprint density at radius 2 is 2.00 bits per heavy atom. The molecule has 0 bridgehead atoms. The van der Waals surface area contributed by atoms with Crippen LogP contribution in [-0.4, -0.2) is 15.3 Å². The number of hydrogen-bond acceptors (Lipinski definition) is 3. The number of fused-ring (bicyclic) bond motifs is 1. The van der Waals surface area contributed by atoms with E-state index in [1.807, 2.05) is 56.3 Å². The van der Waals surface area contributed by atoms with E-state index >= 15 is 0 Å². The molecule has 3 nitrogen and oxygen atoms in total. The molecule has 0 spiro atoms. The topological polar surface area (TPSA) is 34.9 Å². The Morgan fingerprint density at radius 1 is 1.22 bits per heavy atom. The highest BCUT2D eigenvalue weighted by Crippen LogP contribution is 2.23. The maximum absolute atomic E-state index is 13.0. The molecule has 0 saturated heterocycles. The van der Waals surface area contributed by atoms with Crippen LogP contribution in [0.1, 0.15) is 11.1 Å². The first-order valence-electron chi connectivity index (χ1n) is 7.45. The second kappa shape index (κ2) is 6.42. The van der Waals surface area contributed by atoms with Crippen molar-refractivity contribution >= 4 is 22.7 Å². The number of thioether (sulfide) groups is 1. The number of rotatable bonds is 4. The van der Waals surface area contributed by atoms with Crippen molar-refractivity contribution in [3.8, 4) is 5.69 Å². The molecule has 0 atom stereocenters. The third-order valence-corrected chi connectivity index (χ3v) is 4.60. The molecule has 4 heteroatoms. The summed E-state index contributed by atoms with van der Waals surface area (Å²) in [6.45, 7) is 7.82. The zero-order chi connectivity index (χ0) is 16.4. The lowest BCUT2D eigenvalue weighted by Gasteiger charge is -2.15. The number of benzene rings is 2. The first-order valence-corrected chi connectivity index (χ1v) is 8.43. The lowest BCUT2D eigenvalue weighted by atomic mass is 10.1. The van der Waals surface area contributed by atoms with Crippen LogP contribution in [0, 0.1) is 13.8 Å². The van der Waals surface area contributed by atoms with Gasteiger partial charge in [-0.1, -0.05) is 47.7 Å². The van der Waals surface area contributed by atoms with Gasteiger partial charge in [-0.15, -0.1) is 6.58 Å². The van der Waals surface area contributed by atoms with Gasteiger partial charge in [-0.2, -0.15) is 0 Å². The standard InChI is InChI=1S/C19H18N2OS/c1-4-11-23-19-20-16-8-6-5-7-15(16)18(22)21(19)17-10-9-13(2)12-14(17)3/h4-10,12H,1,11H2,2-3H3. The van der Waals surface area contributed by atoms with E-state index in [-0.39, 0.29) is 5.56 Å². The monoisotopic (exact) mass is 322 g/mol.